The van der Waals surface area contributed by atoms with E-state index in [2.05, 4.69) is 22.8 Å². The van der Waals surface area contributed by atoms with Crippen LogP contribution in [0.3, 0.4) is 0 Å². The highest BCUT2D eigenvalue weighted by Gasteiger charge is 2.43. The van der Waals surface area contributed by atoms with E-state index in [-0.39, 0.29) is 11.4 Å². The van der Waals surface area contributed by atoms with Crippen LogP contribution in [0.2, 0.25) is 0 Å². The number of nitrogens with one attached hydrogen (secondary N) is 2. The highest BCUT2D eigenvalue weighted by molar-refractivity contribution is 5.96. The van der Waals surface area contributed by atoms with Crippen molar-refractivity contribution in [1.82, 2.24) is 10.6 Å². The molecule has 1 amide bonds. The maximum Gasteiger partial charge on any atom is 0.248 e. The van der Waals surface area contributed by atoms with Crippen molar-refractivity contribution >= 4 is 5.91 Å². The predicted molar refractivity (Wildman–Crippen MR) is 66.0 cm³/mol. The number of carbonyl (C=O) groups excluding carboxylic acids is 1. The summed E-state index contributed by atoms with van der Waals surface area (Å²) in [7, 11) is 0. The van der Waals surface area contributed by atoms with Crippen molar-refractivity contribution in [1.29, 1.82) is 0 Å². The molecule has 3 aliphatic rings. The maximum atomic E-state index is 11.2. The van der Waals surface area contributed by atoms with E-state index in [1.807, 2.05) is 12.2 Å². The van der Waals surface area contributed by atoms with Crippen LogP contribution in [0.5, 0.6) is 0 Å². The predicted octanol–water partition coefficient (Wildman–Crippen LogP) is 0.193. The highest BCUT2D eigenvalue weighted by atomic mass is 16.1. The molecule has 90 valence electrons. The first kappa shape index (κ1) is 10.7. The molecule has 2 aliphatic carbocycles. The quantitative estimate of drug-likeness (QED) is 0.603. The molecule has 0 aromatic rings. The normalized spacial score (nSPS) is 35.4. The van der Waals surface area contributed by atoms with Crippen LogP contribution in [0.4, 0.5) is 0 Å². The van der Waals surface area contributed by atoms with Crippen LogP contribution in [0, 0.1) is 5.92 Å². The summed E-state index contributed by atoms with van der Waals surface area (Å²) in [4.78, 5) is 11.2. The Morgan fingerprint density at radius 2 is 2.41 bits per heavy atom. The van der Waals surface area contributed by atoms with Gasteiger partial charge < -0.3 is 11.1 Å². The van der Waals surface area contributed by atoms with Gasteiger partial charge in [0.1, 0.15) is 0 Å². The first-order valence-electron chi connectivity index (χ1n) is 6.09. The number of amides is 1. The first-order chi connectivity index (χ1) is 8.22. The molecule has 4 N–H and O–H groups in total. The average molecular weight is 231 g/mol. The molecule has 2 atom stereocenters. The van der Waals surface area contributed by atoms with Crippen LogP contribution in [0.25, 0.3) is 0 Å². The number of hydrogen-bond acceptors (Lipinski definition) is 3. The minimum absolute atomic E-state index is 0.0809. The number of rotatable bonds is 1. The van der Waals surface area contributed by atoms with E-state index in [9.17, 15) is 4.79 Å². The third-order valence-electron chi connectivity index (χ3n) is 4.02. The van der Waals surface area contributed by atoms with Crippen molar-refractivity contribution < 1.29 is 4.79 Å². The van der Waals surface area contributed by atoms with Crippen LogP contribution >= 0.6 is 0 Å². The second-order valence-corrected chi connectivity index (χ2v) is 4.91. The fourth-order valence-corrected chi connectivity index (χ4v) is 3.10. The zero-order valence-electron chi connectivity index (χ0n) is 9.70. The zero-order chi connectivity index (χ0) is 11.9. The Kier molecular flexibility index (Phi) is 2.42. The smallest absolute Gasteiger partial charge is 0.248 e. The van der Waals surface area contributed by atoms with E-state index in [1.54, 1.807) is 0 Å². The molecule has 1 aliphatic heterocycles. The number of hydrogen-bond donors (Lipinski definition) is 3. The van der Waals surface area contributed by atoms with Crippen LogP contribution in [0.1, 0.15) is 12.8 Å². The summed E-state index contributed by atoms with van der Waals surface area (Å²) < 4.78 is 0. The second-order valence-electron chi connectivity index (χ2n) is 4.91. The monoisotopic (exact) mass is 231 g/mol. The second kappa shape index (κ2) is 3.82. The van der Waals surface area contributed by atoms with E-state index in [0.29, 0.717) is 11.5 Å². The minimum atomic E-state index is -0.354. The Labute approximate surface area is 101 Å². The summed E-state index contributed by atoms with van der Waals surface area (Å²) in [5.74, 6) is 0.200. The number of nitrogens with two attached hydrogens (primary N) is 1. The molecular formula is C13H17N3O. The van der Waals surface area contributed by atoms with Gasteiger partial charge in [0.25, 0.3) is 0 Å². The summed E-state index contributed by atoms with van der Waals surface area (Å²) in [6.45, 7) is 1.83. The van der Waals surface area contributed by atoms with Gasteiger partial charge in [0.15, 0.2) is 0 Å². The largest absolute Gasteiger partial charge is 0.366 e. The molecule has 17 heavy (non-hydrogen) atoms. The van der Waals surface area contributed by atoms with Crippen molar-refractivity contribution in [3.05, 3.63) is 35.5 Å². The third kappa shape index (κ3) is 1.56. The molecule has 0 radical (unpaired) electrons. The van der Waals surface area contributed by atoms with Crippen LogP contribution in [-0.2, 0) is 4.79 Å². The van der Waals surface area contributed by atoms with Crippen LogP contribution in [-0.4, -0.2) is 24.7 Å². The van der Waals surface area contributed by atoms with Crippen LogP contribution < -0.4 is 16.4 Å². The van der Waals surface area contributed by atoms with Gasteiger partial charge in [0.2, 0.25) is 5.91 Å². The molecule has 1 heterocycles. The maximum absolute atomic E-state index is 11.2. The average Bonchev–Trinajstić information content (AvgIpc) is 2.35. The lowest BCUT2D eigenvalue weighted by atomic mass is 9.68. The molecule has 1 fully saturated rings. The standard InChI is InChI=1S/C13H17N3O/c14-12(17)9-4-5-13-10(6-9)2-1-3-11(13)7-15-8-16-13/h2,4-6,11,15-16H,1,3,7-8H2,(H2,14,17). The molecule has 3 rings (SSSR count). The molecule has 1 saturated heterocycles. The molecule has 0 aromatic carbocycles. The Morgan fingerprint density at radius 3 is 3.24 bits per heavy atom. The van der Waals surface area contributed by atoms with E-state index in [0.717, 1.165) is 19.6 Å². The molecule has 2 unspecified atom stereocenters. The summed E-state index contributed by atoms with van der Waals surface area (Å²) in [5, 5.41) is 6.89. The van der Waals surface area contributed by atoms with Crippen molar-refractivity contribution in [2.24, 2.45) is 11.7 Å². The van der Waals surface area contributed by atoms with Gasteiger partial charge in [0.05, 0.1) is 5.54 Å². The van der Waals surface area contributed by atoms with Crippen LogP contribution in [0.15, 0.2) is 35.5 Å². The molecular weight excluding hydrogens is 214 g/mol. The minimum Gasteiger partial charge on any atom is -0.366 e. The lowest BCUT2D eigenvalue weighted by molar-refractivity contribution is -0.114. The van der Waals surface area contributed by atoms with E-state index in [4.69, 9.17) is 5.73 Å². The zero-order valence-corrected chi connectivity index (χ0v) is 9.70. The Balaban J connectivity index is 2.02. The highest BCUT2D eigenvalue weighted by Crippen LogP contribution is 2.40. The number of allylic oxidation sites excluding steroid dienone is 1. The van der Waals surface area contributed by atoms with Crippen molar-refractivity contribution in [2.45, 2.75) is 18.4 Å². The molecule has 1 spiro atoms. The Morgan fingerprint density at radius 1 is 1.53 bits per heavy atom. The summed E-state index contributed by atoms with van der Waals surface area (Å²) in [6, 6.07) is 0. The van der Waals surface area contributed by atoms with Gasteiger partial charge in [-0.05, 0) is 30.4 Å². The summed E-state index contributed by atoms with van der Waals surface area (Å²) in [5.41, 5.74) is 7.06. The van der Waals surface area contributed by atoms with Crippen molar-refractivity contribution in [2.75, 3.05) is 13.2 Å². The van der Waals surface area contributed by atoms with Gasteiger partial charge in [-0.15, -0.1) is 0 Å². The SMILES string of the molecule is NC(=O)C1=CC2=CCCC3CNCNC23C=C1. The molecule has 0 bridgehead atoms. The van der Waals surface area contributed by atoms with Gasteiger partial charge in [-0.3, -0.25) is 10.1 Å². The van der Waals surface area contributed by atoms with Gasteiger partial charge in [0, 0.05) is 18.8 Å². The first-order valence-corrected chi connectivity index (χ1v) is 6.09. The Hall–Kier alpha value is -1.39. The topological polar surface area (TPSA) is 67.2 Å². The molecule has 4 heteroatoms. The van der Waals surface area contributed by atoms with E-state index < -0.39 is 0 Å². The molecule has 4 nitrogen and oxygen atoms in total. The van der Waals surface area contributed by atoms with Gasteiger partial charge in [-0.25, -0.2) is 0 Å². The number of primary amides is 1. The fourth-order valence-electron chi connectivity index (χ4n) is 3.10. The lowest BCUT2D eigenvalue weighted by Crippen LogP contribution is -2.62. The van der Waals surface area contributed by atoms with Crippen molar-refractivity contribution in [3.63, 3.8) is 0 Å². The summed E-state index contributed by atoms with van der Waals surface area (Å²) in [6.07, 6.45) is 10.4. The fraction of sp³-hybridized carbons (Fsp3) is 0.462. The van der Waals surface area contributed by atoms with Crippen molar-refractivity contribution in [3.8, 4) is 0 Å². The third-order valence-corrected chi connectivity index (χ3v) is 4.02. The van der Waals surface area contributed by atoms with E-state index >= 15 is 0 Å². The number of carbonyl (C=O) groups is 1. The Bertz CT molecular complexity index is 450. The molecule has 0 aromatic heterocycles. The summed E-state index contributed by atoms with van der Waals surface area (Å²) >= 11 is 0. The van der Waals surface area contributed by atoms with Gasteiger partial charge in [-0.2, -0.15) is 0 Å². The van der Waals surface area contributed by atoms with E-state index in [1.165, 1.54) is 12.0 Å². The lowest BCUT2D eigenvalue weighted by Gasteiger charge is -2.48. The van der Waals surface area contributed by atoms with Gasteiger partial charge in [-0.1, -0.05) is 18.2 Å². The molecule has 0 saturated carbocycles. The van der Waals surface area contributed by atoms with Gasteiger partial charge >= 0.3 is 0 Å².